The number of rotatable bonds is 6. The number of hydrogen-bond donors (Lipinski definition) is 2. The molecule has 1 aromatic rings. The van der Waals surface area contributed by atoms with Gasteiger partial charge in [-0.05, 0) is 60.1 Å². The Bertz CT molecular complexity index is 645. The quantitative estimate of drug-likeness (QED) is 0.737. The van der Waals surface area contributed by atoms with E-state index in [4.69, 9.17) is 9.47 Å². The molecule has 0 aromatic heterocycles. The fourth-order valence-corrected chi connectivity index (χ4v) is 2.12. The van der Waals surface area contributed by atoms with E-state index in [2.05, 4.69) is 10.6 Å². The number of amides is 2. The smallest absolute Gasteiger partial charge is 0.408 e. The maximum absolute atomic E-state index is 12.6. The van der Waals surface area contributed by atoms with Gasteiger partial charge in [-0.25, -0.2) is 4.79 Å². The summed E-state index contributed by atoms with van der Waals surface area (Å²) in [5, 5.41) is 5.25. The Morgan fingerprint density at radius 3 is 2.00 bits per heavy atom. The molecule has 0 spiro atoms. The van der Waals surface area contributed by atoms with E-state index in [0.29, 0.717) is 5.69 Å². The first-order valence-electron chi connectivity index (χ1n) is 8.93. The summed E-state index contributed by atoms with van der Waals surface area (Å²) in [6.07, 6.45) is -0.646. The number of ether oxygens (including phenoxy) is 2. The van der Waals surface area contributed by atoms with Crippen molar-refractivity contribution in [2.45, 2.75) is 71.6 Å². The molecule has 2 amide bonds. The summed E-state index contributed by atoms with van der Waals surface area (Å²) >= 11 is 0. The van der Waals surface area contributed by atoms with Crippen molar-refractivity contribution in [3.63, 3.8) is 0 Å². The van der Waals surface area contributed by atoms with Gasteiger partial charge in [-0.3, -0.25) is 9.59 Å². The highest BCUT2D eigenvalue weighted by atomic mass is 16.6. The fraction of sp³-hybridized carbons (Fsp3) is 0.550. The Kier molecular flexibility index (Phi) is 7.82. The van der Waals surface area contributed by atoms with Crippen molar-refractivity contribution in [3.05, 3.63) is 30.3 Å². The van der Waals surface area contributed by atoms with Crippen LogP contribution in [0.5, 0.6) is 0 Å². The molecular formula is C20H30N2O5. The third-order valence-corrected chi connectivity index (χ3v) is 3.11. The minimum absolute atomic E-state index is 0.0139. The number of hydrogen-bond acceptors (Lipinski definition) is 5. The molecule has 2 N–H and O–H groups in total. The lowest BCUT2D eigenvalue weighted by atomic mass is 10.1. The summed E-state index contributed by atoms with van der Waals surface area (Å²) in [7, 11) is 0. The second-order valence-corrected chi connectivity index (χ2v) is 8.18. The molecule has 0 saturated heterocycles. The lowest BCUT2D eigenvalue weighted by molar-refractivity contribution is -0.155. The first kappa shape index (κ1) is 22.5. The molecule has 0 heterocycles. The van der Waals surface area contributed by atoms with Gasteiger partial charge >= 0.3 is 12.1 Å². The summed E-state index contributed by atoms with van der Waals surface area (Å²) in [6.45, 7) is 10.5. The van der Waals surface area contributed by atoms with E-state index in [1.165, 1.54) is 0 Å². The topological polar surface area (TPSA) is 93.7 Å². The van der Waals surface area contributed by atoms with Gasteiger partial charge in [0.15, 0.2) is 0 Å². The molecule has 0 radical (unpaired) electrons. The second-order valence-electron chi connectivity index (χ2n) is 8.18. The molecule has 0 aliphatic heterocycles. The summed E-state index contributed by atoms with van der Waals surface area (Å²) in [4.78, 5) is 36.6. The van der Waals surface area contributed by atoms with Crippen LogP contribution in [0.1, 0.15) is 54.4 Å². The van der Waals surface area contributed by atoms with E-state index in [9.17, 15) is 14.4 Å². The van der Waals surface area contributed by atoms with Crippen LogP contribution >= 0.6 is 0 Å². The highest BCUT2D eigenvalue weighted by Gasteiger charge is 2.26. The summed E-state index contributed by atoms with van der Waals surface area (Å²) in [5.74, 6) is -0.874. The zero-order chi connectivity index (χ0) is 20.7. The van der Waals surface area contributed by atoms with Crippen molar-refractivity contribution in [2.24, 2.45) is 0 Å². The van der Waals surface area contributed by atoms with Crippen molar-refractivity contribution in [1.29, 1.82) is 0 Å². The highest BCUT2D eigenvalue weighted by Crippen LogP contribution is 2.13. The minimum atomic E-state index is -0.937. The third-order valence-electron chi connectivity index (χ3n) is 3.11. The van der Waals surface area contributed by atoms with Crippen molar-refractivity contribution in [2.75, 3.05) is 5.32 Å². The number of nitrogens with one attached hydrogen (secondary N) is 2. The van der Waals surface area contributed by atoms with Gasteiger partial charge in [0, 0.05) is 12.1 Å². The van der Waals surface area contributed by atoms with Crippen molar-refractivity contribution in [3.8, 4) is 0 Å². The van der Waals surface area contributed by atoms with Crippen LogP contribution < -0.4 is 10.6 Å². The van der Waals surface area contributed by atoms with Crippen molar-refractivity contribution in [1.82, 2.24) is 5.32 Å². The average molecular weight is 378 g/mol. The molecule has 1 rings (SSSR count). The van der Waals surface area contributed by atoms with E-state index in [-0.39, 0.29) is 12.8 Å². The maximum Gasteiger partial charge on any atom is 0.408 e. The molecular weight excluding hydrogens is 348 g/mol. The fourth-order valence-electron chi connectivity index (χ4n) is 2.12. The average Bonchev–Trinajstić information content (AvgIpc) is 2.48. The summed E-state index contributed by atoms with van der Waals surface area (Å²) in [6, 6.07) is 7.92. The van der Waals surface area contributed by atoms with E-state index < -0.39 is 35.2 Å². The van der Waals surface area contributed by atoms with Crippen LogP contribution in [0.15, 0.2) is 30.3 Å². The predicted octanol–water partition coefficient (Wildman–Crippen LogP) is 3.64. The standard InChI is InChI=1S/C20H30N2O5/c1-19(2,3)26-16(23)13-12-15(22-18(25)27-20(4,5)6)17(24)21-14-10-8-7-9-11-14/h7-11,15H,12-13H2,1-6H3,(H,21,24)(H,22,25)/t15-/m0/s1. The van der Waals surface area contributed by atoms with Gasteiger partial charge in [0.2, 0.25) is 5.91 Å². The molecule has 1 aromatic carbocycles. The monoisotopic (exact) mass is 378 g/mol. The van der Waals surface area contributed by atoms with Crippen LogP contribution in [-0.4, -0.2) is 35.2 Å². The van der Waals surface area contributed by atoms with Gasteiger partial charge in [0.05, 0.1) is 0 Å². The van der Waals surface area contributed by atoms with Gasteiger partial charge in [-0.15, -0.1) is 0 Å². The van der Waals surface area contributed by atoms with Crippen molar-refractivity contribution >= 4 is 23.7 Å². The van der Waals surface area contributed by atoms with Crippen LogP contribution in [0, 0.1) is 0 Å². The Morgan fingerprint density at radius 1 is 0.926 bits per heavy atom. The van der Waals surface area contributed by atoms with Crippen LogP contribution in [0.2, 0.25) is 0 Å². The minimum Gasteiger partial charge on any atom is -0.460 e. The number of anilines is 1. The highest BCUT2D eigenvalue weighted by molar-refractivity contribution is 5.96. The van der Waals surface area contributed by atoms with E-state index >= 15 is 0 Å². The molecule has 27 heavy (non-hydrogen) atoms. The van der Waals surface area contributed by atoms with E-state index in [1.54, 1.807) is 65.8 Å². The molecule has 1 atom stereocenters. The number of esters is 1. The van der Waals surface area contributed by atoms with Gasteiger partial charge in [-0.1, -0.05) is 18.2 Å². The van der Waals surface area contributed by atoms with Gasteiger partial charge in [-0.2, -0.15) is 0 Å². The number of carbonyl (C=O) groups is 3. The summed E-state index contributed by atoms with van der Waals surface area (Å²) < 4.78 is 10.5. The Balaban J connectivity index is 2.77. The molecule has 0 saturated carbocycles. The molecule has 7 heteroatoms. The van der Waals surface area contributed by atoms with E-state index in [1.807, 2.05) is 6.07 Å². The van der Waals surface area contributed by atoms with Crippen LogP contribution in [-0.2, 0) is 19.1 Å². The molecule has 7 nitrogen and oxygen atoms in total. The number of benzene rings is 1. The third kappa shape index (κ3) is 10.2. The zero-order valence-electron chi connectivity index (χ0n) is 16.9. The van der Waals surface area contributed by atoms with Gasteiger partial charge in [0.25, 0.3) is 0 Å². The maximum atomic E-state index is 12.6. The molecule has 0 aliphatic carbocycles. The van der Waals surface area contributed by atoms with Gasteiger partial charge < -0.3 is 20.1 Å². The SMILES string of the molecule is CC(C)(C)OC(=O)CC[C@H](NC(=O)OC(C)(C)C)C(=O)Nc1ccccc1. The van der Waals surface area contributed by atoms with Crippen LogP contribution in [0.4, 0.5) is 10.5 Å². The lowest BCUT2D eigenvalue weighted by Gasteiger charge is -2.24. The Labute approximate surface area is 160 Å². The first-order chi connectivity index (χ1) is 12.4. The van der Waals surface area contributed by atoms with E-state index in [0.717, 1.165) is 0 Å². The van der Waals surface area contributed by atoms with Crippen molar-refractivity contribution < 1.29 is 23.9 Å². The molecule has 0 aliphatic rings. The molecule has 0 unspecified atom stereocenters. The molecule has 0 fully saturated rings. The predicted molar refractivity (Wildman–Crippen MR) is 103 cm³/mol. The van der Waals surface area contributed by atoms with Crippen LogP contribution in [0.3, 0.4) is 0 Å². The molecule has 150 valence electrons. The number of alkyl carbamates (subject to hydrolysis) is 1. The van der Waals surface area contributed by atoms with Crippen LogP contribution in [0.25, 0.3) is 0 Å². The normalized spacial score (nSPS) is 12.7. The number of carbonyl (C=O) groups excluding carboxylic acids is 3. The number of para-hydroxylation sites is 1. The molecule has 0 bridgehead atoms. The second kappa shape index (κ2) is 9.39. The Hall–Kier alpha value is -2.57. The summed E-state index contributed by atoms with van der Waals surface area (Å²) in [5.41, 5.74) is -0.719. The Morgan fingerprint density at radius 2 is 1.48 bits per heavy atom. The van der Waals surface area contributed by atoms with Gasteiger partial charge in [0.1, 0.15) is 17.2 Å². The zero-order valence-corrected chi connectivity index (χ0v) is 16.9. The lowest BCUT2D eigenvalue weighted by Crippen LogP contribution is -2.46. The largest absolute Gasteiger partial charge is 0.460 e. The first-order valence-corrected chi connectivity index (χ1v) is 8.93.